The molecule has 152 valence electrons. The second-order valence-electron chi connectivity index (χ2n) is 7.71. The van der Waals surface area contributed by atoms with Gasteiger partial charge < -0.3 is 9.84 Å². The largest absolute Gasteiger partial charge is 0.480 e. The SMILES string of the molecule is CCCc1c(-c2ccccc2)c(Br)nn1C[C@H]1CC[C@H](COCC(=O)O)CC1. The van der Waals surface area contributed by atoms with Gasteiger partial charge in [0, 0.05) is 17.8 Å². The maximum absolute atomic E-state index is 10.6. The Kier molecular flexibility index (Phi) is 7.68. The van der Waals surface area contributed by atoms with Crippen LogP contribution in [0.5, 0.6) is 0 Å². The zero-order valence-electron chi connectivity index (χ0n) is 16.4. The van der Waals surface area contributed by atoms with Crippen molar-refractivity contribution in [3.05, 3.63) is 40.6 Å². The molecule has 0 aliphatic heterocycles. The van der Waals surface area contributed by atoms with Crippen LogP contribution >= 0.6 is 15.9 Å². The van der Waals surface area contributed by atoms with Crippen molar-refractivity contribution in [2.45, 2.75) is 52.0 Å². The molecule has 1 aliphatic rings. The fraction of sp³-hybridized carbons (Fsp3) is 0.545. The summed E-state index contributed by atoms with van der Waals surface area (Å²) in [5.41, 5.74) is 3.74. The van der Waals surface area contributed by atoms with Gasteiger partial charge in [0.2, 0.25) is 0 Å². The van der Waals surface area contributed by atoms with Crippen molar-refractivity contribution in [3.63, 3.8) is 0 Å². The minimum atomic E-state index is -0.893. The fourth-order valence-electron chi connectivity index (χ4n) is 4.14. The van der Waals surface area contributed by atoms with E-state index in [1.807, 2.05) is 6.07 Å². The van der Waals surface area contributed by atoms with E-state index in [0.29, 0.717) is 18.4 Å². The van der Waals surface area contributed by atoms with Crippen LogP contribution in [0.2, 0.25) is 0 Å². The van der Waals surface area contributed by atoms with Gasteiger partial charge in [-0.2, -0.15) is 5.10 Å². The molecule has 28 heavy (non-hydrogen) atoms. The van der Waals surface area contributed by atoms with E-state index in [4.69, 9.17) is 14.9 Å². The number of hydrogen-bond acceptors (Lipinski definition) is 3. The molecule has 3 rings (SSSR count). The molecule has 0 radical (unpaired) electrons. The van der Waals surface area contributed by atoms with Crippen LogP contribution in [0.1, 0.15) is 44.7 Å². The van der Waals surface area contributed by atoms with Gasteiger partial charge in [0.05, 0.1) is 6.61 Å². The summed E-state index contributed by atoms with van der Waals surface area (Å²) in [7, 11) is 0. The summed E-state index contributed by atoms with van der Waals surface area (Å²) in [5.74, 6) is 0.201. The molecule has 0 spiro atoms. The van der Waals surface area contributed by atoms with Crippen LogP contribution in [0, 0.1) is 11.8 Å². The van der Waals surface area contributed by atoms with E-state index in [1.54, 1.807) is 0 Å². The van der Waals surface area contributed by atoms with Crippen LogP contribution in [0.3, 0.4) is 0 Å². The molecular formula is C22H29BrN2O3. The molecule has 1 N–H and O–H groups in total. The third kappa shape index (κ3) is 5.45. The summed E-state index contributed by atoms with van der Waals surface area (Å²) >= 11 is 3.69. The van der Waals surface area contributed by atoms with Crippen molar-refractivity contribution in [2.75, 3.05) is 13.2 Å². The molecule has 2 aromatic rings. The molecule has 6 heteroatoms. The van der Waals surface area contributed by atoms with Crippen molar-refractivity contribution in [2.24, 2.45) is 11.8 Å². The lowest BCUT2D eigenvalue weighted by Crippen LogP contribution is -2.23. The lowest BCUT2D eigenvalue weighted by Gasteiger charge is -2.28. The number of benzene rings is 1. The first-order valence-electron chi connectivity index (χ1n) is 10.2. The molecule has 1 aromatic carbocycles. The monoisotopic (exact) mass is 448 g/mol. The molecule has 0 atom stereocenters. The second-order valence-corrected chi connectivity index (χ2v) is 8.46. The van der Waals surface area contributed by atoms with Gasteiger partial charge in [0.1, 0.15) is 11.2 Å². The fourth-order valence-corrected chi connectivity index (χ4v) is 4.78. The van der Waals surface area contributed by atoms with Crippen molar-refractivity contribution in [1.82, 2.24) is 9.78 Å². The average molecular weight is 449 g/mol. The highest BCUT2D eigenvalue weighted by Gasteiger charge is 2.24. The first kappa shape index (κ1) is 21.1. The normalized spacial score (nSPS) is 19.6. The van der Waals surface area contributed by atoms with Gasteiger partial charge >= 0.3 is 5.97 Å². The number of nitrogens with zero attached hydrogens (tertiary/aromatic N) is 2. The lowest BCUT2D eigenvalue weighted by molar-refractivity contribution is -0.142. The number of carbonyl (C=O) groups is 1. The van der Waals surface area contributed by atoms with E-state index in [-0.39, 0.29) is 6.61 Å². The lowest BCUT2D eigenvalue weighted by atomic mass is 9.82. The standard InChI is InChI=1S/C22H29BrN2O3/c1-2-6-19-21(18-7-4-3-5-8-18)22(23)24-25(19)13-16-9-11-17(12-10-16)14-28-15-20(26)27/h3-5,7-8,16-17H,2,6,9-15H2,1H3,(H,26,27)/t16-,17-. The van der Waals surface area contributed by atoms with Crippen LogP contribution in [0.25, 0.3) is 11.1 Å². The van der Waals surface area contributed by atoms with E-state index in [1.165, 1.54) is 16.8 Å². The molecule has 5 nitrogen and oxygen atoms in total. The summed E-state index contributed by atoms with van der Waals surface area (Å²) < 4.78 is 8.42. The number of halogens is 1. The first-order valence-corrected chi connectivity index (χ1v) is 11.0. The number of carboxylic acids is 1. The van der Waals surface area contributed by atoms with Crippen LogP contribution < -0.4 is 0 Å². The average Bonchev–Trinajstić information content (AvgIpc) is 2.99. The van der Waals surface area contributed by atoms with Gasteiger partial charge in [-0.1, -0.05) is 43.7 Å². The van der Waals surface area contributed by atoms with Gasteiger partial charge in [-0.3, -0.25) is 4.68 Å². The third-order valence-electron chi connectivity index (χ3n) is 5.54. The molecule has 0 amide bonds. The molecule has 0 unspecified atom stereocenters. The Morgan fingerprint density at radius 2 is 1.89 bits per heavy atom. The summed E-state index contributed by atoms with van der Waals surface area (Å²) in [6, 6.07) is 10.5. The summed E-state index contributed by atoms with van der Waals surface area (Å²) in [5, 5.41) is 13.5. The van der Waals surface area contributed by atoms with E-state index in [9.17, 15) is 4.79 Å². The molecule has 1 aromatic heterocycles. The Morgan fingerprint density at radius 1 is 1.21 bits per heavy atom. The quantitative estimate of drug-likeness (QED) is 0.574. The summed E-state index contributed by atoms with van der Waals surface area (Å²) in [6.07, 6.45) is 6.59. The minimum absolute atomic E-state index is 0.191. The predicted molar refractivity (Wildman–Crippen MR) is 113 cm³/mol. The maximum Gasteiger partial charge on any atom is 0.329 e. The van der Waals surface area contributed by atoms with Crippen LogP contribution in [0.4, 0.5) is 0 Å². The van der Waals surface area contributed by atoms with Crippen LogP contribution in [-0.4, -0.2) is 34.1 Å². The molecule has 1 saturated carbocycles. The van der Waals surface area contributed by atoms with Crippen LogP contribution in [0.15, 0.2) is 34.9 Å². The van der Waals surface area contributed by atoms with E-state index in [0.717, 1.165) is 49.7 Å². The highest BCUT2D eigenvalue weighted by atomic mass is 79.9. The van der Waals surface area contributed by atoms with Gasteiger partial charge in [-0.15, -0.1) is 0 Å². The van der Waals surface area contributed by atoms with Crippen molar-refractivity contribution < 1.29 is 14.6 Å². The number of hydrogen-bond donors (Lipinski definition) is 1. The number of carboxylic acid groups (broad SMARTS) is 1. The highest BCUT2D eigenvalue weighted by molar-refractivity contribution is 9.10. The zero-order chi connectivity index (χ0) is 19.9. The minimum Gasteiger partial charge on any atom is -0.480 e. The van der Waals surface area contributed by atoms with Gasteiger partial charge in [0.15, 0.2) is 0 Å². The number of aromatic nitrogens is 2. The van der Waals surface area contributed by atoms with Gasteiger partial charge in [-0.05, 0) is 65.4 Å². The Balaban J connectivity index is 1.64. The van der Waals surface area contributed by atoms with Gasteiger partial charge in [0.25, 0.3) is 0 Å². The Bertz CT molecular complexity index is 768. The molecular weight excluding hydrogens is 420 g/mol. The predicted octanol–water partition coefficient (Wildman–Crippen LogP) is 5.17. The Morgan fingerprint density at radius 3 is 2.54 bits per heavy atom. The highest BCUT2D eigenvalue weighted by Crippen LogP contribution is 2.35. The summed E-state index contributed by atoms with van der Waals surface area (Å²) in [4.78, 5) is 10.6. The third-order valence-corrected chi connectivity index (χ3v) is 6.10. The molecule has 0 bridgehead atoms. The van der Waals surface area contributed by atoms with Crippen molar-refractivity contribution in [1.29, 1.82) is 0 Å². The number of ether oxygens (including phenoxy) is 1. The zero-order valence-corrected chi connectivity index (χ0v) is 18.0. The maximum atomic E-state index is 10.6. The molecule has 1 fully saturated rings. The molecule has 0 saturated heterocycles. The van der Waals surface area contributed by atoms with E-state index in [2.05, 4.69) is 51.8 Å². The van der Waals surface area contributed by atoms with E-state index >= 15 is 0 Å². The van der Waals surface area contributed by atoms with Crippen molar-refractivity contribution in [3.8, 4) is 11.1 Å². The number of rotatable bonds is 9. The Labute approximate surface area is 175 Å². The molecule has 1 aliphatic carbocycles. The van der Waals surface area contributed by atoms with Gasteiger partial charge in [-0.25, -0.2) is 4.79 Å². The topological polar surface area (TPSA) is 64.4 Å². The summed E-state index contributed by atoms with van der Waals surface area (Å²) in [6.45, 7) is 3.53. The van der Waals surface area contributed by atoms with Crippen molar-refractivity contribution >= 4 is 21.9 Å². The van der Waals surface area contributed by atoms with E-state index < -0.39 is 5.97 Å². The Hall–Kier alpha value is -1.66. The first-order chi connectivity index (χ1) is 13.6. The molecule has 1 heterocycles. The number of aliphatic carboxylic acids is 1. The second kappa shape index (κ2) is 10.2. The smallest absolute Gasteiger partial charge is 0.329 e. The van der Waals surface area contributed by atoms with Crippen LogP contribution in [-0.2, 0) is 22.5 Å².